The van der Waals surface area contributed by atoms with Gasteiger partial charge in [-0.05, 0) is 50.5 Å². The maximum Gasteiger partial charge on any atom is 0.310 e. The molecule has 1 aliphatic heterocycles. The van der Waals surface area contributed by atoms with Crippen molar-refractivity contribution in [1.29, 1.82) is 0 Å². The van der Waals surface area contributed by atoms with Crippen LogP contribution in [0.3, 0.4) is 0 Å². The van der Waals surface area contributed by atoms with Crippen LogP contribution in [0.15, 0.2) is 34.9 Å². The quantitative estimate of drug-likeness (QED) is 0.466. The SMILES string of the molecule is CCCN(Cc1cccn1Cc1ccc(C(=O)N2CCCC(C(=O)OCC)C2)o1)C(=O)COC. The predicted octanol–water partition coefficient (Wildman–Crippen LogP) is 2.93. The first kappa shape index (κ1) is 25.6. The van der Waals surface area contributed by atoms with E-state index in [0.29, 0.717) is 45.1 Å². The molecule has 0 aromatic carbocycles. The number of amides is 2. The van der Waals surface area contributed by atoms with Crippen molar-refractivity contribution in [3.63, 3.8) is 0 Å². The van der Waals surface area contributed by atoms with Gasteiger partial charge in [0.25, 0.3) is 5.91 Å². The number of rotatable bonds is 11. The fourth-order valence-electron chi connectivity index (χ4n) is 4.24. The normalized spacial score (nSPS) is 15.9. The summed E-state index contributed by atoms with van der Waals surface area (Å²) in [6.07, 6.45) is 4.27. The van der Waals surface area contributed by atoms with Gasteiger partial charge in [-0.3, -0.25) is 14.4 Å². The van der Waals surface area contributed by atoms with E-state index in [0.717, 1.165) is 25.0 Å². The number of likely N-dealkylation sites (tertiary alicyclic amines) is 1. The minimum absolute atomic E-state index is 0.0503. The van der Waals surface area contributed by atoms with Crippen molar-refractivity contribution in [2.45, 2.75) is 46.2 Å². The van der Waals surface area contributed by atoms with Crippen molar-refractivity contribution in [2.24, 2.45) is 5.92 Å². The number of hydrogen-bond donors (Lipinski definition) is 0. The average molecular weight is 474 g/mol. The van der Waals surface area contributed by atoms with Crippen molar-refractivity contribution >= 4 is 17.8 Å². The minimum Gasteiger partial charge on any atom is -0.466 e. The summed E-state index contributed by atoms with van der Waals surface area (Å²) in [5.41, 5.74) is 0.968. The molecule has 1 unspecified atom stereocenters. The molecular formula is C25H35N3O6. The van der Waals surface area contributed by atoms with Crippen molar-refractivity contribution in [1.82, 2.24) is 14.4 Å². The highest BCUT2D eigenvalue weighted by atomic mass is 16.5. The Kier molecular flexibility index (Phi) is 9.33. The molecule has 1 saturated heterocycles. The maximum atomic E-state index is 13.0. The fourth-order valence-corrected chi connectivity index (χ4v) is 4.24. The monoisotopic (exact) mass is 473 g/mol. The van der Waals surface area contributed by atoms with Gasteiger partial charge in [0, 0.05) is 38.6 Å². The summed E-state index contributed by atoms with van der Waals surface area (Å²) < 4.78 is 18.0. The number of hydrogen-bond acceptors (Lipinski definition) is 6. The van der Waals surface area contributed by atoms with E-state index in [9.17, 15) is 14.4 Å². The third kappa shape index (κ3) is 6.50. The molecule has 186 valence electrons. The molecule has 9 nitrogen and oxygen atoms in total. The summed E-state index contributed by atoms with van der Waals surface area (Å²) in [6, 6.07) is 7.38. The fraction of sp³-hybridized carbons (Fsp3) is 0.560. The molecule has 34 heavy (non-hydrogen) atoms. The molecule has 2 aromatic heterocycles. The molecule has 0 N–H and O–H groups in total. The molecule has 0 bridgehead atoms. The highest BCUT2D eigenvalue weighted by Gasteiger charge is 2.31. The number of furan rings is 1. The van der Waals surface area contributed by atoms with Crippen LogP contribution in [0.2, 0.25) is 0 Å². The number of methoxy groups -OCH3 is 1. The molecule has 0 radical (unpaired) electrons. The van der Waals surface area contributed by atoms with Gasteiger partial charge in [-0.1, -0.05) is 6.92 Å². The molecule has 1 aliphatic rings. The molecule has 0 spiro atoms. The number of carbonyl (C=O) groups is 3. The van der Waals surface area contributed by atoms with Crippen LogP contribution in [0.4, 0.5) is 0 Å². The van der Waals surface area contributed by atoms with E-state index in [1.54, 1.807) is 28.9 Å². The Balaban J connectivity index is 1.64. The molecule has 9 heteroatoms. The Morgan fingerprint density at radius 1 is 1.21 bits per heavy atom. The van der Waals surface area contributed by atoms with Crippen molar-refractivity contribution in [3.8, 4) is 0 Å². The summed E-state index contributed by atoms with van der Waals surface area (Å²) in [7, 11) is 1.52. The molecule has 0 aliphatic carbocycles. The van der Waals surface area contributed by atoms with Crippen LogP contribution >= 0.6 is 0 Å². The summed E-state index contributed by atoms with van der Waals surface area (Å²) in [5.74, 6) is 0.0989. The Morgan fingerprint density at radius 2 is 2.03 bits per heavy atom. The van der Waals surface area contributed by atoms with E-state index in [1.165, 1.54) is 7.11 Å². The minimum atomic E-state index is -0.290. The molecule has 3 rings (SSSR count). The van der Waals surface area contributed by atoms with Gasteiger partial charge in [0.1, 0.15) is 12.4 Å². The first-order chi connectivity index (χ1) is 16.5. The van der Waals surface area contributed by atoms with Crippen LogP contribution < -0.4 is 0 Å². The van der Waals surface area contributed by atoms with Crippen LogP contribution in [0.25, 0.3) is 0 Å². The Labute approximate surface area is 200 Å². The van der Waals surface area contributed by atoms with Gasteiger partial charge in [0.15, 0.2) is 5.76 Å². The molecule has 2 amide bonds. The second-order valence-corrected chi connectivity index (χ2v) is 8.48. The number of esters is 1. The summed E-state index contributed by atoms with van der Waals surface area (Å²) in [6.45, 7) is 6.70. The van der Waals surface area contributed by atoms with E-state index in [1.807, 2.05) is 29.8 Å². The van der Waals surface area contributed by atoms with Crippen molar-refractivity contribution in [2.75, 3.05) is 40.0 Å². The van der Waals surface area contributed by atoms with E-state index < -0.39 is 0 Å². The first-order valence-electron chi connectivity index (χ1n) is 11.9. The molecule has 2 aromatic rings. The molecule has 3 heterocycles. The summed E-state index contributed by atoms with van der Waals surface area (Å²) >= 11 is 0. The molecular weight excluding hydrogens is 438 g/mol. The average Bonchev–Trinajstić information content (AvgIpc) is 3.48. The standard InChI is InChI=1S/C25H35N3O6/c1-4-12-27(23(29)18-32-3)16-20-9-7-13-26(20)17-21-10-11-22(34-21)24(30)28-14-6-8-19(15-28)25(31)33-5-2/h7,9-11,13,19H,4-6,8,12,14-18H2,1-3H3. The smallest absolute Gasteiger partial charge is 0.310 e. The van der Waals surface area contributed by atoms with Crippen LogP contribution in [-0.4, -0.2) is 72.1 Å². The number of nitrogens with zero attached hydrogens (tertiary/aromatic N) is 3. The van der Waals surface area contributed by atoms with E-state index >= 15 is 0 Å². The van der Waals surface area contributed by atoms with Gasteiger partial charge in [-0.25, -0.2) is 0 Å². The lowest BCUT2D eigenvalue weighted by Crippen LogP contribution is -2.42. The van der Waals surface area contributed by atoms with Gasteiger partial charge >= 0.3 is 5.97 Å². The number of aromatic nitrogens is 1. The van der Waals surface area contributed by atoms with E-state index in [2.05, 4.69) is 0 Å². The number of carbonyl (C=O) groups excluding carboxylic acids is 3. The Morgan fingerprint density at radius 3 is 2.76 bits per heavy atom. The zero-order valence-corrected chi connectivity index (χ0v) is 20.3. The van der Waals surface area contributed by atoms with Crippen LogP contribution in [0.5, 0.6) is 0 Å². The van der Waals surface area contributed by atoms with E-state index in [4.69, 9.17) is 13.9 Å². The number of ether oxygens (including phenoxy) is 2. The van der Waals surface area contributed by atoms with Gasteiger partial charge in [-0.2, -0.15) is 0 Å². The lowest BCUT2D eigenvalue weighted by atomic mass is 9.98. The van der Waals surface area contributed by atoms with Gasteiger partial charge in [0.05, 0.1) is 25.6 Å². The maximum absolute atomic E-state index is 13.0. The first-order valence-corrected chi connectivity index (χ1v) is 11.9. The molecule has 1 fully saturated rings. The van der Waals surface area contributed by atoms with Crippen LogP contribution in [0, 0.1) is 5.92 Å². The van der Waals surface area contributed by atoms with Crippen molar-refractivity contribution < 1.29 is 28.3 Å². The summed E-state index contributed by atoms with van der Waals surface area (Å²) in [5, 5.41) is 0. The van der Waals surface area contributed by atoms with Crippen molar-refractivity contribution in [3.05, 3.63) is 47.7 Å². The summed E-state index contributed by atoms with van der Waals surface area (Å²) in [4.78, 5) is 40.9. The highest BCUT2D eigenvalue weighted by molar-refractivity contribution is 5.92. The van der Waals surface area contributed by atoms with Gasteiger partial charge in [0.2, 0.25) is 5.91 Å². The lowest BCUT2D eigenvalue weighted by molar-refractivity contribution is -0.149. The lowest BCUT2D eigenvalue weighted by Gasteiger charge is -2.30. The third-order valence-electron chi connectivity index (χ3n) is 5.92. The predicted molar refractivity (Wildman–Crippen MR) is 125 cm³/mol. The van der Waals surface area contributed by atoms with Gasteiger partial charge < -0.3 is 28.3 Å². The third-order valence-corrected chi connectivity index (χ3v) is 5.92. The second-order valence-electron chi connectivity index (χ2n) is 8.48. The van der Waals surface area contributed by atoms with Gasteiger partial charge in [-0.15, -0.1) is 0 Å². The Bertz CT molecular complexity index is 966. The van der Waals surface area contributed by atoms with E-state index in [-0.39, 0.29) is 36.1 Å². The molecule has 1 atom stereocenters. The van der Waals surface area contributed by atoms with Crippen LogP contribution in [0.1, 0.15) is 55.1 Å². The zero-order chi connectivity index (χ0) is 24.5. The largest absolute Gasteiger partial charge is 0.466 e. The Hall–Kier alpha value is -3.07. The van der Waals surface area contributed by atoms with Crippen LogP contribution in [-0.2, 0) is 32.2 Å². The zero-order valence-electron chi connectivity index (χ0n) is 20.3. The number of piperidine rings is 1. The second kappa shape index (κ2) is 12.4. The topological polar surface area (TPSA) is 94.2 Å². The highest BCUT2D eigenvalue weighted by Crippen LogP contribution is 2.21. The molecule has 0 saturated carbocycles.